The van der Waals surface area contributed by atoms with Crippen LogP contribution in [0.15, 0.2) is 18.5 Å². The van der Waals surface area contributed by atoms with Gasteiger partial charge in [-0.3, -0.25) is 4.98 Å². The summed E-state index contributed by atoms with van der Waals surface area (Å²) in [6.07, 6.45) is 3.72. The molecule has 0 saturated heterocycles. The van der Waals surface area contributed by atoms with Gasteiger partial charge in [-0.15, -0.1) is 0 Å². The second kappa shape index (κ2) is 5.36. The van der Waals surface area contributed by atoms with Crippen LogP contribution < -0.4 is 5.32 Å². The SMILES string of the molecule is CCNC(CS(C)(=O)=O)c1cncc(F)c1. The third-order valence-corrected chi connectivity index (χ3v) is 2.99. The van der Waals surface area contributed by atoms with E-state index >= 15 is 0 Å². The summed E-state index contributed by atoms with van der Waals surface area (Å²) in [5, 5.41) is 3.00. The number of hydrogen-bond acceptors (Lipinski definition) is 4. The number of pyridine rings is 1. The molecule has 0 aliphatic heterocycles. The Kier molecular flexibility index (Phi) is 4.37. The Morgan fingerprint density at radius 2 is 2.19 bits per heavy atom. The summed E-state index contributed by atoms with van der Waals surface area (Å²) < 4.78 is 35.4. The molecule has 0 fully saturated rings. The largest absolute Gasteiger partial charge is 0.309 e. The summed E-state index contributed by atoms with van der Waals surface area (Å²) in [5.41, 5.74) is 0.548. The molecule has 1 unspecified atom stereocenters. The van der Waals surface area contributed by atoms with Crippen molar-refractivity contribution < 1.29 is 12.8 Å². The fourth-order valence-corrected chi connectivity index (χ4v) is 2.36. The standard InChI is InChI=1S/C10H15FN2O2S/c1-3-13-10(7-16(2,14)15)8-4-9(11)6-12-5-8/h4-6,10,13H,3,7H2,1-2H3. The van der Waals surface area contributed by atoms with Crippen LogP contribution in [0.25, 0.3) is 0 Å². The van der Waals surface area contributed by atoms with Crippen LogP contribution in [-0.2, 0) is 9.84 Å². The van der Waals surface area contributed by atoms with E-state index in [2.05, 4.69) is 10.3 Å². The molecule has 0 aliphatic rings. The van der Waals surface area contributed by atoms with Crippen molar-refractivity contribution in [3.63, 3.8) is 0 Å². The number of rotatable bonds is 5. The van der Waals surface area contributed by atoms with Crippen LogP contribution in [0.3, 0.4) is 0 Å². The first-order valence-electron chi connectivity index (χ1n) is 4.94. The zero-order valence-electron chi connectivity index (χ0n) is 9.27. The van der Waals surface area contributed by atoms with Crippen molar-refractivity contribution >= 4 is 9.84 Å². The van der Waals surface area contributed by atoms with Gasteiger partial charge in [-0.25, -0.2) is 12.8 Å². The van der Waals surface area contributed by atoms with Gasteiger partial charge in [0.15, 0.2) is 0 Å². The third kappa shape index (κ3) is 4.24. The topological polar surface area (TPSA) is 59.1 Å². The lowest BCUT2D eigenvalue weighted by molar-refractivity contribution is 0.555. The first kappa shape index (κ1) is 13.1. The minimum atomic E-state index is -3.12. The Morgan fingerprint density at radius 1 is 1.50 bits per heavy atom. The molecule has 1 aromatic heterocycles. The van der Waals surface area contributed by atoms with Gasteiger partial charge in [0.05, 0.1) is 11.9 Å². The molecule has 0 bridgehead atoms. The fraction of sp³-hybridized carbons (Fsp3) is 0.500. The van der Waals surface area contributed by atoms with Crippen LogP contribution >= 0.6 is 0 Å². The number of nitrogens with one attached hydrogen (secondary N) is 1. The Morgan fingerprint density at radius 3 is 2.69 bits per heavy atom. The van der Waals surface area contributed by atoms with E-state index in [4.69, 9.17) is 0 Å². The lowest BCUT2D eigenvalue weighted by Crippen LogP contribution is -2.27. The highest BCUT2D eigenvalue weighted by atomic mass is 32.2. The molecule has 90 valence electrons. The summed E-state index contributed by atoms with van der Waals surface area (Å²) >= 11 is 0. The van der Waals surface area contributed by atoms with Gasteiger partial charge in [0.2, 0.25) is 0 Å². The van der Waals surface area contributed by atoms with E-state index in [1.807, 2.05) is 6.92 Å². The van der Waals surface area contributed by atoms with Gasteiger partial charge in [0.25, 0.3) is 0 Å². The van der Waals surface area contributed by atoms with E-state index in [1.165, 1.54) is 12.3 Å². The smallest absolute Gasteiger partial charge is 0.149 e. The summed E-state index contributed by atoms with van der Waals surface area (Å²) in [6.45, 7) is 2.47. The number of sulfone groups is 1. The lowest BCUT2D eigenvalue weighted by atomic mass is 10.1. The molecule has 4 nitrogen and oxygen atoms in total. The second-order valence-corrected chi connectivity index (χ2v) is 5.82. The summed E-state index contributed by atoms with van der Waals surface area (Å²) in [5.74, 6) is -0.527. The van der Waals surface area contributed by atoms with Crippen LogP contribution in [0.2, 0.25) is 0 Å². The van der Waals surface area contributed by atoms with Crippen molar-refractivity contribution in [1.82, 2.24) is 10.3 Å². The van der Waals surface area contributed by atoms with Gasteiger partial charge in [-0.2, -0.15) is 0 Å². The van der Waals surface area contributed by atoms with Crippen molar-refractivity contribution in [2.75, 3.05) is 18.6 Å². The average molecular weight is 246 g/mol. The molecule has 6 heteroatoms. The maximum atomic E-state index is 13.0. The Balaban J connectivity index is 2.93. The van der Waals surface area contributed by atoms with Crippen molar-refractivity contribution in [2.45, 2.75) is 13.0 Å². The van der Waals surface area contributed by atoms with E-state index in [1.54, 1.807) is 0 Å². The molecule has 1 N–H and O–H groups in total. The number of aromatic nitrogens is 1. The molecule has 0 spiro atoms. The maximum Gasteiger partial charge on any atom is 0.149 e. The molecule has 0 saturated carbocycles. The predicted octanol–water partition coefficient (Wildman–Crippen LogP) is 0.916. The average Bonchev–Trinajstić information content (AvgIpc) is 2.15. The molecule has 1 atom stereocenters. The van der Waals surface area contributed by atoms with Gasteiger partial charge in [0, 0.05) is 18.5 Å². The number of halogens is 1. The highest BCUT2D eigenvalue weighted by molar-refractivity contribution is 7.90. The van der Waals surface area contributed by atoms with E-state index in [9.17, 15) is 12.8 Å². The van der Waals surface area contributed by atoms with Gasteiger partial charge in [-0.1, -0.05) is 6.92 Å². The minimum Gasteiger partial charge on any atom is -0.309 e. The second-order valence-electron chi connectivity index (χ2n) is 3.64. The molecule has 0 aliphatic carbocycles. The predicted molar refractivity (Wildman–Crippen MR) is 60.3 cm³/mol. The van der Waals surface area contributed by atoms with Crippen LogP contribution in [0.4, 0.5) is 4.39 Å². The van der Waals surface area contributed by atoms with Gasteiger partial charge >= 0.3 is 0 Å². The highest BCUT2D eigenvalue weighted by Gasteiger charge is 2.17. The monoisotopic (exact) mass is 246 g/mol. The maximum absolute atomic E-state index is 13.0. The first-order chi connectivity index (χ1) is 7.42. The van der Waals surface area contributed by atoms with Gasteiger partial charge in [-0.05, 0) is 18.2 Å². The molecule has 0 aromatic carbocycles. The zero-order valence-corrected chi connectivity index (χ0v) is 10.1. The molecule has 0 radical (unpaired) electrons. The van der Waals surface area contributed by atoms with Crippen molar-refractivity contribution in [3.8, 4) is 0 Å². The number of nitrogens with zero attached hydrogens (tertiary/aromatic N) is 1. The quantitative estimate of drug-likeness (QED) is 0.839. The molecular weight excluding hydrogens is 231 g/mol. The lowest BCUT2D eigenvalue weighted by Gasteiger charge is -2.16. The molecule has 1 rings (SSSR count). The van der Waals surface area contributed by atoms with E-state index < -0.39 is 21.7 Å². The van der Waals surface area contributed by atoms with Crippen molar-refractivity contribution in [1.29, 1.82) is 0 Å². The van der Waals surface area contributed by atoms with Gasteiger partial charge in [0.1, 0.15) is 15.7 Å². The molecule has 1 aromatic rings. The highest BCUT2D eigenvalue weighted by Crippen LogP contribution is 2.14. The van der Waals surface area contributed by atoms with E-state index in [-0.39, 0.29) is 5.75 Å². The van der Waals surface area contributed by atoms with Crippen LogP contribution in [0.1, 0.15) is 18.5 Å². The Bertz CT molecular complexity index is 448. The van der Waals surface area contributed by atoms with Crippen LogP contribution in [-0.4, -0.2) is 32.0 Å². The molecular formula is C10H15FN2O2S. The number of hydrogen-bond donors (Lipinski definition) is 1. The Labute approximate surface area is 94.8 Å². The van der Waals surface area contributed by atoms with Crippen molar-refractivity contribution in [2.24, 2.45) is 0 Å². The third-order valence-electron chi connectivity index (χ3n) is 2.05. The van der Waals surface area contributed by atoms with Gasteiger partial charge < -0.3 is 5.32 Å². The Hall–Kier alpha value is -1.01. The van der Waals surface area contributed by atoms with E-state index in [0.717, 1.165) is 12.5 Å². The molecule has 1 heterocycles. The summed E-state index contributed by atoms with van der Waals surface area (Å²) in [7, 11) is -3.12. The summed E-state index contributed by atoms with van der Waals surface area (Å²) in [4.78, 5) is 3.71. The summed E-state index contributed by atoms with van der Waals surface area (Å²) in [6, 6.07) is 0.883. The molecule has 0 amide bonds. The van der Waals surface area contributed by atoms with Crippen molar-refractivity contribution in [3.05, 3.63) is 29.8 Å². The normalized spacial score (nSPS) is 13.7. The van der Waals surface area contributed by atoms with E-state index in [0.29, 0.717) is 12.1 Å². The van der Waals surface area contributed by atoms with Crippen LogP contribution in [0, 0.1) is 5.82 Å². The zero-order chi connectivity index (χ0) is 12.2. The minimum absolute atomic E-state index is 0.0635. The first-order valence-corrected chi connectivity index (χ1v) is 7.00. The molecule has 16 heavy (non-hydrogen) atoms. The fourth-order valence-electron chi connectivity index (χ4n) is 1.44. The van der Waals surface area contributed by atoms with Crippen LogP contribution in [0.5, 0.6) is 0 Å².